The van der Waals surface area contributed by atoms with Gasteiger partial charge in [0.1, 0.15) is 6.54 Å². The zero-order chi connectivity index (χ0) is 27.0. The minimum atomic E-state index is -3.70. The minimum absolute atomic E-state index is 0.0212. The molecule has 0 fully saturated rings. The van der Waals surface area contributed by atoms with Crippen molar-refractivity contribution in [3.8, 4) is 17.2 Å². The van der Waals surface area contributed by atoms with Gasteiger partial charge in [-0.15, -0.1) is 0 Å². The summed E-state index contributed by atoms with van der Waals surface area (Å²) in [6.45, 7) is 8.11. The van der Waals surface area contributed by atoms with Crippen LogP contribution in [0.5, 0.6) is 0 Å². The lowest BCUT2D eigenvalue weighted by atomic mass is 9.88. The van der Waals surface area contributed by atoms with Crippen molar-refractivity contribution in [3.63, 3.8) is 0 Å². The molecule has 1 amide bonds. The number of nitriles is 1. The van der Waals surface area contributed by atoms with Crippen molar-refractivity contribution in [2.75, 3.05) is 6.54 Å². The van der Waals surface area contributed by atoms with E-state index >= 15 is 0 Å². The molecular weight excluding hydrogens is 482 g/mol. The summed E-state index contributed by atoms with van der Waals surface area (Å²) < 4.78 is 27.5. The fraction of sp³-hybridized carbons (Fsp3) is 0.267. The molecule has 0 unspecified atom stereocenters. The number of hydrogen-bond acceptors (Lipinski definition) is 4. The van der Waals surface area contributed by atoms with Crippen molar-refractivity contribution >= 4 is 26.8 Å². The van der Waals surface area contributed by atoms with Gasteiger partial charge < -0.3 is 5.32 Å². The van der Waals surface area contributed by atoms with Crippen LogP contribution in [-0.4, -0.2) is 24.8 Å². The van der Waals surface area contributed by atoms with Crippen LogP contribution in [0.3, 0.4) is 0 Å². The Kier molecular flexibility index (Phi) is 9.26. The highest BCUT2D eigenvalue weighted by Crippen LogP contribution is 2.31. The van der Waals surface area contributed by atoms with Crippen molar-refractivity contribution in [2.24, 2.45) is 5.92 Å². The summed E-state index contributed by atoms with van der Waals surface area (Å²) in [6.07, 6.45) is 2.24. The van der Waals surface area contributed by atoms with E-state index in [2.05, 4.69) is 19.2 Å². The van der Waals surface area contributed by atoms with E-state index in [-0.39, 0.29) is 23.3 Å². The monoisotopic (exact) mass is 515 g/mol. The molecule has 6 nitrogen and oxygen atoms in total. The lowest BCUT2D eigenvalue weighted by Crippen LogP contribution is -2.30. The quantitative estimate of drug-likeness (QED) is 0.277. The molecule has 0 saturated carbocycles. The maximum Gasteiger partial charge on any atom is 0.268 e. The highest BCUT2D eigenvalue weighted by atomic mass is 32.2. The Morgan fingerprint density at radius 3 is 2.32 bits per heavy atom. The second-order valence-electron chi connectivity index (χ2n) is 8.89. The van der Waals surface area contributed by atoms with Crippen molar-refractivity contribution in [3.05, 3.63) is 90.6 Å². The molecule has 4 aromatic rings. The number of hydrogen-bond donors (Lipinski definition) is 1. The number of amides is 1. The number of nitrogens with zero attached hydrogens (tertiary/aromatic N) is 2. The summed E-state index contributed by atoms with van der Waals surface area (Å²) in [7, 11) is -3.70. The van der Waals surface area contributed by atoms with Crippen LogP contribution >= 0.6 is 0 Å². The summed E-state index contributed by atoms with van der Waals surface area (Å²) >= 11 is 0. The summed E-state index contributed by atoms with van der Waals surface area (Å²) in [5, 5.41) is 12.3. The molecule has 0 spiro atoms. The summed E-state index contributed by atoms with van der Waals surface area (Å²) in [6, 6.07) is 25.6. The van der Waals surface area contributed by atoms with Gasteiger partial charge in [0.2, 0.25) is 5.91 Å². The molecule has 192 valence electrons. The van der Waals surface area contributed by atoms with Crippen LogP contribution in [-0.2, 0) is 14.8 Å². The molecule has 37 heavy (non-hydrogen) atoms. The maximum atomic E-state index is 13.1. The SMILES string of the molecule is CC.CC(C)C[C@@H](C(=O)NCC#N)c1cccc(-c2ccc3c(ccn3S(=O)(=O)c3ccccc3)c2)c1. The molecule has 0 saturated heterocycles. The third-order valence-electron chi connectivity index (χ3n) is 5.94. The molecule has 1 aromatic heterocycles. The van der Waals surface area contributed by atoms with Gasteiger partial charge in [0.15, 0.2) is 0 Å². The smallest absolute Gasteiger partial charge is 0.268 e. The largest absolute Gasteiger partial charge is 0.342 e. The first kappa shape index (κ1) is 27.7. The van der Waals surface area contributed by atoms with E-state index < -0.39 is 10.0 Å². The molecule has 1 atom stereocenters. The number of carbonyl (C=O) groups excluding carboxylic acids is 1. The zero-order valence-electron chi connectivity index (χ0n) is 21.7. The van der Waals surface area contributed by atoms with Gasteiger partial charge in [-0.05, 0) is 59.4 Å². The third-order valence-corrected chi connectivity index (χ3v) is 7.65. The molecule has 0 aliphatic heterocycles. The van der Waals surface area contributed by atoms with Gasteiger partial charge >= 0.3 is 0 Å². The standard InChI is InChI=1S/C28H27N3O3S.C2H6/c1-20(2)17-26(28(32)30-15-14-29)23-8-6-7-21(18-23)22-11-12-27-24(19-22)13-16-31(27)35(33,34)25-9-4-3-5-10-25;1-2/h3-13,16,18-20,26H,15,17H2,1-2H3,(H,30,32);1-2H3/t26-;/m1./s1. The number of nitrogens with one attached hydrogen (secondary N) is 1. The summed E-state index contributed by atoms with van der Waals surface area (Å²) in [4.78, 5) is 13.0. The van der Waals surface area contributed by atoms with Gasteiger partial charge in [0.25, 0.3) is 10.0 Å². The third kappa shape index (κ3) is 6.28. The Labute approximate surface area is 219 Å². The van der Waals surface area contributed by atoms with E-state index in [1.807, 2.05) is 62.4 Å². The predicted octanol–water partition coefficient (Wildman–Crippen LogP) is 6.34. The number of carbonyl (C=O) groups is 1. The molecule has 4 rings (SSSR count). The maximum absolute atomic E-state index is 13.1. The van der Waals surface area contributed by atoms with E-state index in [9.17, 15) is 13.2 Å². The molecule has 0 aliphatic rings. The van der Waals surface area contributed by atoms with E-state index in [0.29, 0.717) is 17.9 Å². The molecule has 3 aromatic carbocycles. The number of fused-ring (bicyclic) bond motifs is 1. The molecule has 0 bridgehead atoms. The van der Waals surface area contributed by atoms with Crippen molar-refractivity contribution in [1.82, 2.24) is 9.29 Å². The number of aromatic nitrogens is 1. The minimum Gasteiger partial charge on any atom is -0.342 e. The normalized spacial score (nSPS) is 11.9. The Hall–Kier alpha value is -3.89. The number of rotatable bonds is 8. The van der Waals surface area contributed by atoms with Crippen LogP contribution in [0.15, 0.2) is 90.0 Å². The highest BCUT2D eigenvalue weighted by molar-refractivity contribution is 7.90. The van der Waals surface area contributed by atoms with E-state index in [1.54, 1.807) is 42.6 Å². The van der Waals surface area contributed by atoms with E-state index in [0.717, 1.165) is 22.1 Å². The molecule has 1 heterocycles. The van der Waals surface area contributed by atoms with Gasteiger partial charge in [-0.1, -0.05) is 76.2 Å². The van der Waals surface area contributed by atoms with Crippen LogP contribution < -0.4 is 5.32 Å². The zero-order valence-corrected chi connectivity index (χ0v) is 22.5. The van der Waals surface area contributed by atoms with Gasteiger partial charge in [-0.2, -0.15) is 5.26 Å². The van der Waals surface area contributed by atoms with E-state index in [1.165, 1.54) is 3.97 Å². The van der Waals surface area contributed by atoms with Crippen LogP contribution in [0.25, 0.3) is 22.0 Å². The average Bonchev–Trinajstić information content (AvgIpc) is 3.36. The first-order valence-electron chi connectivity index (χ1n) is 12.5. The summed E-state index contributed by atoms with van der Waals surface area (Å²) in [5.74, 6) is -0.209. The molecule has 0 aliphatic carbocycles. The molecule has 7 heteroatoms. The second kappa shape index (κ2) is 12.4. The Morgan fingerprint density at radius 2 is 1.65 bits per heavy atom. The Morgan fingerprint density at radius 1 is 0.946 bits per heavy atom. The van der Waals surface area contributed by atoms with Crippen LogP contribution in [0, 0.1) is 17.2 Å². The highest BCUT2D eigenvalue weighted by Gasteiger charge is 2.22. The van der Waals surface area contributed by atoms with Gasteiger partial charge in [-0.3, -0.25) is 4.79 Å². The first-order valence-corrected chi connectivity index (χ1v) is 13.9. The lowest BCUT2D eigenvalue weighted by molar-refractivity contribution is -0.122. The fourth-order valence-electron chi connectivity index (χ4n) is 4.26. The predicted molar refractivity (Wildman–Crippen MR) is 149 cm³/mol. The lowest BCUT2D eigenvalue weighted by Gasteiger charge is -2.19. The van der Waals surface area contributed by atoms with Gasteiger partial charge in [0, 0.05) is 11.6 Å². The Balaban J connectivity index is 0.00000186. The Bertz CT molecular complexity index is 1500. The van der Waals surface area contributed by atoms with Gasteiger partial charge in [0.05, 0.1) is 22.4 Å². The van der Waals surface area contributed by atoms with Crippen molar-refractivity contribution < 1.29 is 13.2 Å². The second-order valence-corrected chi connectivity index (χ2v) is 10.7. The van der Waals surface area contributed by atoms with Crippen LogP contribution in [0.4, 0.5) is 0 Å². The summed E-state index contributed by atoms with van der Waals surface area (Å²) in [5.41, 5.74) is 3.35. The van der Waals surface area contributed by atoms with Crippen molar-refractivity contribution in [1.29, 1.82) is 5.26 Å². The topological polar surface area (TPSA) is 92.0 Å². The first-order chi connectivity index (χ1) is 17.8. The van der Waals surface area contributed by atoms with Crippen LogP contribution in [0.1, 0.15) is 45.6 Å². The van der Waals surface area contributed by atoms with Crippen LogP contribution in [0.2, 0.25) is 0 Å². The van der Waals surface area contributed by atoms with Gasteiger partial charge in [-0.25, -0.2) is 12.4 Å². The van der Waals surface area contributed by atoms with Crippen molar-refractivity contribution in [2.45, 2.75) is 44.9 Å². The molecular formula is C30H33N3O3S. The number of benzene rings is 3. The molecule has 0 radical (unpaired) electrons. The molecule has 1 N–H and O–H groups in total. The fourth-order valence-corrected chi connectivity index (χ4v) is 5.64. The van der Waals surface area contributed by atoms with E-state index in [4.69, 9.17) is 5.26 Å². The average molecular weight is 516 g/mol.